The molecule has 1 atom stereocenters. The van der Waals surface area contributed by atoms with Gasteiger partial charge in [-0.2, -0.15) is 0 Å². The molecule has 0 unspecified atom stereocenters. The predicted molar refractivity (Wildman–Crippen MR) is 82.7 cm³/mol. The number of nitrogens with two attached hydrogens (primary N) is 1. The molecule has 1 aromatic carbocycles. The van der Waals surface area contributed by atoms with Crippen molar-refractivity contribution in [3.8, 4) is 5.75 Å². The topological polar surface area (TPSA) is 67.6 Å². The molecule has 108 valence electrons. The molecule has 2 rings (SSSR count). The van der Waals surface area contributed by atoms with Gasteiger partial charge in [0.15, 0.2) is 5.11 Å². The number of thiocarbonyl (C=S) groups is 1. The molecule has 20 heavy (non-hydrogen) atoms. The van der Waals surface area contributed by atoms with E-state index in [0.717, 1.165) is 30.8 Å². The Bertz CT molecular complexity index is 490. The Labute approximate surface area is 124 Å². The van der Waals surface area contributed by atoms with E-state index in [4.69, 9.17) is 22.7 Å². The van der Waals surface area contributed by atoms with Crippen LogP contribution in [0.15, 0.2) is 24.3 Å². The average Bonchev–Trinajstić information content (AvgIpc) is 2.48. The Morgan fingerprint density at radius 1 is 1.45 bits per heavy atom. The summed E-state index contributed by atoms with van der Waals surface area (Å²) >= 11 is 5.39. The minimum atomic E-state index is -0.248. The first-order valence-electron chi connectivity index (χ1n) is 6.59. The first kappa shape index (κ1) is 14.6. The number of ether oxygens (including phenoxy) is 1. The van der Waals surface area contributed by atoms with Crippen LogP contribution in [0.2, 0.25) is 0 Å². The zero-order valence-electron chi connectivity index (χ0n) is 11.5. The molecule has 0 bridgehead atoms. The molecule has 3 N–H and O–H groups in total. The number of carbonyl (C=O) groups excluding carboxylic acids is 1. The van der Waals surface area contributed by atoms with E-state index in [0.29, 0.717) is 11.7 Å². The molecule has 0 aromatic heterocycles. The smallest absolute Gasteiger partial charge is 0.222 e. The van der Waals surface area contributed by atoms with Gasteiger partial charge in [0, 0.05) is 18.8 Å². The van der Waals surface area contributed by atoms with E-state index in [1.54, 1.807) is 7.11 Å². The van der Waals surface area contributed by atoms with E-state index in [1.807, 2.05) is 29.2 Å². The Morgan fingerprint density at radius 2 is 2.15 bits per heavy atom. The van der Waals surface area contributed by atoms with Gasteiger partial charge in [-0.3, -0.25) is 4.79 Å². The summed E-state index contributed by atoms with van der Waals surface area (Å²) in [6.07, 6.45) is 1.77. The maximum Gasteiger partial charge on any atom is 0.222 e. The summed E-state index contributed by atoms with van der Waals surface area (Å²) in [7, 11) is 1.63. The third-order valence-electron chi connectivity index (χ3n) is 3.45. The van der Waals surface area contributed by atoms with Crippen LogP contribution in [0.25, 0.3) is 0 Å². The molecule has 1 heterocycles. The second kappa shape index (κ2) is 6.56. The SMILES string of the molecule is COc1ccc(NC(=S)N2CCC[C@@H](C(N)=O)C2)cc1. The summed E-state index contributed by atoms with van der Waals surface area (Å²) < 4.78 is 5.11. The Morgan fingerprint density at radius 3 is 2.75 bits per heavy atom. The molecule has 0 saturated carbocycles. The van der Waals surface area contributed by atoms with E-state index in [9.17, 15) is 4.79 Å². The van der Waals surface area contributed by atoms with E-state index in [-0.39, 0.29) is 11.8 Å². The molecule has 0 aliphatic carbocycles. The molecule has 1 aromatic rings. The number of amides is 1. The van der Waals surface area contributed by atoms with Crippen LogP contribution in [-0.4, -0.2) is 36.1 Å². The number of benzene rings is 1. The van der Waals surface area contributed by atoms with Gasteiger partial charge in [0.25, 0.3) is 0 Å². The zero-order chi connectivity index (χ0) is 14.5. The van der Waals surface area contributed by atoms with Crippen LogP contribution in [0.3, 0.4) is 0 Å². The fourth-order valence-corrected chi connectivity index (χ4v) is 2.55. The fraction of sp³-hybridized carbons (Fsp3) is 0.429. The number of anilines is 1. The summed E-state index contributed by atoms with van der Waals surface area (Å²) in [6, 6.07) is 7.54. The minimum Gasteiger partial charge on any atom is -0.497 e. The average molecular weight is 293 g/mol. The third-order valence-corrected chi connectivity index (χ3v) is 3.81. The van der Waals surface area contributed by atoms with E-state index in [1.165, 1.54) is 0 Å². The third kappa shape index (κ3) is 3.60. The minimum absolute atomic E-state index is 0.112. The number of rotatable bonds is 3. The number of hydrogen-bond acceptors (Lipinski definition) is 3. The number of nitrogens with one attached hydrogen (secondary N) is 1. The number of primary amides is 1. The number of methoxy groups -OCH3 is 1. The molecule has 0 spiro atoms. The highest BCUT2D eigenvalue weighted by Crippen LogP contribution is 2.19. The quantitative estimate of drug-likeness (QED) is 0.828. The van der Waals surface area contributed by atoms with Gasteiger partial charge >= 0.3 is 0 Å². The summed E-state index contributed by atoms with van der Waals surface area (Å²) in [4.78, 5) is 13.3. The van der Waals surface area contributed by atoms with Gasteiger partial charge in [-0.15, -0.1) is 0 Å². The molecule has 1 fully saturated rings. The number of piperidine rings is 1. The Balaban J connectivity index is 1.95. The first-order chi connectivity index (χ1) is 9.60. The van der Waals surface area contributed by atoms with Gasteiger partial charge in [0.2, 0.25) is 5.91 Å². The molecular formula is C14H19N3O2S. The van der Waals surface area contributed by atoms with Gasteiger partial charge < -0.3 is 20.7 Å². The van der Waals surface area contributed by atoms with E-state index < -0.39 is 0 Å². The number of carbonyl (C=O) groups is 1. The van der Waals surface area contributed by atoms with Crippen molar-refractivity contribution in [1.29, 1.82) is 0 Å². The first-order valence-corrected chi connectivity index (χ1v) is 7.00. The van der Waals surface area contributed by atoms with E-state index in [2.05, 4.69) is 5.32 Å². The lowest BCUT2D eigenvalue weighted by molar-refractivity contribution is -0.122. The molecule has 0 radical (unpaired) electrons. The number of nitrogens with zero attached hydrogens (tertiary/aromatic N) is 1. The van der Waals surface area contributed by atoms with Crippen LogP contribution in [0, 0.1) is 5.92 Å². The normalized spacial score (nSPS) is 18.4. The highest BCUT2D eigenvalue weighted by molar-refractivity contribution is 7.80. The van der Waals surface area contributed by atoms with Crippen molar-refractivity contribution in [3.05, 3.63) is 24.3 Å². The summed E-state index contributed by atoms with van der Waals surface area (Å²) in [5.41, 5.74) is 6.27. The lowest BCUT2D eigenvalue weighted by Gasteiger charge is -2.33. The lowest BCUT2D eigenvalue weighted by Crippen LogP contribution is -2.45. The maximum absolute atomic E-state index is 11.3. The van der Waals surface area contributed by atoms with Crippen LogP contribution in [0.5, 0.6) is 5.75 Å². The number of likely N-dealkylation sites (tertiary alicyclic amines) is 1. The largest absolute Gasteiger partial charge is 0.497 e. The standard InChI is InChI=1S/C14H19N3O2S/c1-19-12-6-4-11(5-7-12)16-14(20)17-8-2-3-10(9-17)13(15)18/h4-7,10H,2-3,8-9H2,1H3,(H2,15,18)(H,16,20)/t10-/m1/s1. The molecule has 1 saturated heterocycles. The van der Waals surface area contributed by atoms with Crippen LogP contribution >= 0.6 is 12.2 Å². The zero-order valence-corrected chi connectivity index (χ0v) is 12.3. The molecule has 6 heteroatoms. The molecule has 1 aliphatic heterocycles. The van der Waals surface area contributed by atoms with Gasteiger partial charge in [-0.25, -0.2) is 0 Å². The molecule has 1 aliphatic rings. The highest BCUT2D eigenvalue weighted by atomic mass is 32.1. The van der Waals surface area contributed by atoms with Crippen molar-refractivity contribution < 1.29 is 9.53 Å². The maximum atomic E-state index is 11.3. The van der Waals surface area contributed by atoms with Crippen molar-refractivity contribution in [2.75, 3.05) is 25.5 Å². The molecular weight excluding hydrogens is 274 g/mol. The van der Waals surface area contributed by atoms with Gasteiger partial charge in [0.05, 0.1) is 13.0 Å². The Hall–Kier alpha value is -1.82. The molecule has 5 nitrogen and oxygen atoms in total. The van der Waals surface area contributed by atoms with E-state index >= 15 is 0 Å². The van der Waals surface area contributed by atoms with Crippen molar-refractivity contribution in [2.45, 2.75) is 12.8 Å². The monoisotopic (exact) mass is 293 g/mol. The summed E-state index contributed by atoms with van der Waals surface area (Å²) in [5, 5.41) is 3.80. The van der Waals surface area contributed by atoms with Crippen LogP contribution in [0.1, 0.15) is 12.8 Å². The van der Waals surface area contributed by atoms with Gasteiger partial charge in [0.1, 0.15) is 5.75 Å². The van der Waals surface area contributed by atoms with Gasteiger partial charge in [-0.1, -0.05) is 0 Å². The second-order valence-electron chi connectivity index (χ2n) is 4.85. The van der Waals surface area contributed by atoms with Crippen molar-refractivity contribution >= 4 is 28.9 Å². The van der Waals surface area contributed by atoms with Crippen LogP contribution in [0.4, 0.5) is 5.69 Å². The Kier molecular flexibility index (Phi) is 4.79. The highest BCUT2D eigenvalue weighted by Gasteiger charge is 2.25. The lowest BCUT2D eigenvalue weighted by atomic mass is 9.98. The fourth-order valence-electron chi connectivity index (χ4n) is 2.27. The van der Waals surface area contributed by atoms with Crippen LogP contribution in [-0.2, 0) is 4.79 Å². The van der Waals surface area contributed by atoms with Crippen LogP contribution < -0.4 is 15.8 Å². The summed E-state index contributed by atoms with van der Waals surface area (Å²) in [5.74, 6) is 0.439. The predicted octanol–water partition coefficient (Wildman–Crippen LogP) is 1.59. The number of hydrogen-bond donors (Lipinski definition) is 2. The van der Waals surface area contributed by atoms with Crippen molar-refractivity contribution in [3.63, 3.8) is 0 Å². The summed E-state index contributed by atoms with van der Waals surface area (Å²) in [6.45, 7) is 1.45. The van der Waals surface area contributed by atoms with Crippen molar-refractivity contribution in [1.82, 2.24) is 4.90 Å². The van der Waals surface area contributed by atoms with Crippen molar-refractivity contribution in [2.24, 2.45) is 11.7 Å². The molecule has 1 amide bonds. The second-order valence-corrected chi connectivity index (χ2v) is 5.23. The van der Waals surface area contributed by atoms with Gasteiger partial charge in [-0.05, 0) is 49.3 Å².